The Morgan fingerprint density at radius 3 is 2.82 bits per heavy atom. The molecule has 62 valence electrons. The van der Waals surface area contributed by atoms with Crippen molar-refractivity contribution in [3.8, 4) is 0 Å². The summed E-state index contributed by atoms with van der Waals surface area (Å²) in [6.45, 7) is 4.10. The first-order chi connectivity index (χ1) is 5.24. The van der Waals surface area contributed by atoms with Crippen molar-refractivity contribution in [1.29, 1.82) is 0 Å². The normalized spacial score (nSPS) is 13.4. The molecule has 0 aliphatic rings. The Hall–Kier alpha value is -0.340. The Morgan fingerprint density at radius 2 is 2.36 bits per heavy atom. The van der Waals surface area contributed by atoms with Crippen molar-refractivity contribution in [3.05, 3.63) is 21.9 Å². The van der Waals surface area contributed by atoms with Gasteiger partial charge in [-0.25, -0.2) is 0 Å². The monoisotopic (exact) mass is 170 g/mol. The van der Waals surface area contributed by atoms with Gasteiger partial charge in [-0.1, -0.05) is 6.92 Å². The number of hydrogen-bond donors (Lipinski definition) is 1. The van der Waals surface area contributed by atoms with Crippen LogP contribution in [-0.2, 0) is 6.42 Å². The molecule has 1 heterocycles. The predicted molar refractivity (Wildman–Crippen MR) is 49.1 cm³/mol. The summed E-state index contributed by atoms with van der Waals surface area (Å²) in [6.07, 6.45) is 1.50. The fourth-order valence-corrected chi connectivity index (χ4v) is 1.95. The highest BCUT2D eigenvalue weighted by molar-refractivity contribution is 7.10. The summed E-state index contributed by atoms with van der Waals surface area (Å²) in [6, 6.07) is 2.10. The molecular formula is C9H14OS. The molecule has 0 amide bonds. The lowest BCUT2D eigenvalue weighted by Crippen LogP contribution is -2.07. The minimum Gasteiger partial charge on any atom is -0.393 e. The molecule has 0 spiro atoms. The number of thiophene rings is 1. The molecule has 0 aliphatic heterocycles. The number of hydrogen-bond acceptors (Lipinski definition) is 2. The fourth-order valence-electron chi connectivity index (χ4n) is 0.972. The van der Waals surface area contributed by atoms with Gasteiger partial charge in [-0.2, -0.15) is 0 Å². The van der Waals surface area contributed by atoms with Crippen LogP contribution in [0.15, 0.2) is 11.4 Å². The Morgan fingerprint density at radius 1 is 1.64 bits per heavy atom. The van der Waals surface area contributed by atoms with E-state index in [4.69, 9.17) is 0 Å². The topological polar surface area (TPSA) is 20.2 Å². The van der Waals surface area contributed by atoms with Gasteiger partial charge in [0, 0.05) is 11.3 Å². The van der Waals surface area contributed by atoms with Crippen LogP contribution in [0.1, 0.15) is 23.8 Å². The molecule has 0 saturated heterocycles. The SMILES string of the molecule is CC[C@@H](O)Cc1sccc1C. The lowest BCUT2D eigenvalue weighted by Gasteiger charge is -2.05. The Kier molecular flexibility index (Phi) is 3.09. The average Bonchev–Trinajstić information content (AvgIpc) is 2.37. The van der Waals surface area contributed by atoms with Crippen molar-refractivity contribution in [3.63, 3.8) is 0 Å². The molecule has 0 unspecified atom stereocenters. The molecule has 0 aliphatic carbocycles. The van der Waals surface area contributed by atoms with Crippen molar-refractivity contribution < 1.29 is 5.11 Å². The molecule has 1 N–H and O–H groups in total. The zero-order valence-corrected chi connectivity index (χ0v) is 7.82. The van der Waals surface area contributed by atoms with Crippen molar-refractivity contribution in [2.45, 2.75) is 32.8 Å². The third-order valence-corrected chi connectivity index (χ3v) is 2.91. The van der Waals surface area contributed by atoms with Crippen molar-refractivity contribution in [1.82, 2.24) is 0 Å². The van der Waals surface area contributed by atoms with Gasteiger partial charge in [0.05, 0.1) is 6.10 Å². The molecule has 0 fully saturated rings. The van der Waals surface area contributed by atoms with Crippen LogP contribution >= 0.6 is 11.3 Å². The van der Waals surface area contributed by atoms with E-state index >= 15 is 0 Å². The first-order valence-corrected chi connectivity index (χ1v) is 4.83. The van der Waals surface area contributed by atoms with E-state index in [2.05, 4.69) is 18.4 Å². The average molecular weight is 170 g/mol. The van der Waals surface area contributed by atoms with Gasteiger partial charge in [-0.05, 0) is 30.4 Å². The lowest BCUT2D eigenvalue weighted by atomic mass is 10.1. The van der Waals surface area contributed by atoms with E-state index in [1.807, 2.05) is 6.92 Å². The third-order valence-electron chi connectivity index (χ3n) is 1.86. The van der Waals surface area contributed by atoms with Crippen LogP contribution in [0.3, 0.4) is 0 Å². The van der Waals surface area contributed by atoms with Crippen LogP contribution in [0.4, 0.5) is 0 Å². The van der Waals surface area contributed by atoms with Crippen molar-refractivity contribution >= 4 is 11.3 Å². The zero-order valence-electron chi connectivity index (χ0n) is 7.00. The van der Waals surface area contributed by atoms with E-state index in [1.54, 1.807) is 11.3 Å². The van der Waals surface area contributed by atoms with Gasteiger partial charge in [0.15, 0.2) is 0 Å². The van der Waals surface area contributed by atoms with Crippen LogP contribution in [-0.4, -0.2) is 11.2 Å². The van der Waals surface area contributed by atoms with E-state index in [0.717, 1.165) is 12.8 Å². The standard InChI is InChI=1S/C9H14OS/c1-3-8(10)6-9-7(2)4-5-11-9/h4-5,8,10H,3,6H2,1-2H3/t8-/m1/s1. The van der Waals surface area contributed by atoms with Crippen molar-refractivity contribution in [2.75, 3.05) is 0 Å². The predicted octanol–water partition coefficient (Wildman–Crippen LogP) is 2.37. The van der Waals surface area contributed by atoms with Gasteiger partial charge < -0.3 is 5.11 Å². The second kappa shape index (κ2) is 3.88. The third kappa shape index (κ3) is 2.31. The number of aliphatic hydroxyl groups is 1. The van der Waals surface area contributed by atoms with Gasteiger partial charge in [0.1, 0.15) is 0 Å². The minimum absolute atomic E-state index is 0.160. The van der Waals surface area contributed by atoms with E-state index in [1.165, 1.54) is 10.4 Å². The van der Waals surface area contributed by atoms with E-state index < -0.39 is 0 Å². The highest BCUT2D eigenvalue weighted by atomic mass is 32.1. The van der Waals surface area contributed by atoms with E-state index in [0.29, 0.717) is 0 Å². The molecule has 1 nitrogen and oxygen atoms in total. The number of rotatable bonds is 3. The summed E-state index contributed by atoms with van der Waals surface area (Å²) in [4.78, 5) is 1.32. The fraction of sp³-hybridized carbons (Fsp3) is 0.556. The highest BCUT2D eigenvalue weighted by Crippen LogP contribution is 2.17. The largest absolute Gasteiger partial charge is 0.393 e. The van der Waals surface area contributed by atoms with Crippen LogP contribution < -0.4 is 0 Å². The zero-order chi connectivity index (χ0) is 8.27. The molecule has 1 rings (SSSR count). The second-order valence-electron chi connectivity index (χ2n) is 2.79. The first kappa shape index (κ1) is 8.75. The summed E-state index contributed by atoms with van der Waals surface area (Å²) >= 11 is 1.73. The van der Waals surface area contributed by atoms with Gasteiger partial charge in [-0.3, -0.25) is 0 Å². The molecule has 11 heavy (non-hydrogen) atoms. The molecule has 0 aromatic carbocycles. The Labute approximate surface area is 71.7 Å². The molecule has 0 radical (unpaired) electrons. The quantitative estimate of drug-likeness (QED) is 0.738. The van der Waals surface area contributed by atoms with Crippen LogP contribution in [0.25, 0.3) is 0 Å². The Bertz CT molecular complexity index is 217. The molecule has 2 heteroatoms. The van der Waals surface area contributed by atoms with Gasteiger partial charge in [0.25, 0.3) is 0 Å². The Balaban J connectivity index is 2.56. The summed E-state index contributed by atoms with van der Waals surface area (Å²) < 4.78 is 0. The van der Waals surface area contributed by atoms with Crippen LogP contribution in [0.5, 0.6) is 0 Å². The molecule has 1 atom stereocenters. The van der Waals surface area contributed by atoms with Crippen molar-refractivity contribution in [2.24, 2.45) is 0 Å². The molecular weight excluding hydrogens is 156 g/mol. The van der Waals surface area contributed by atoms with Gasteiger partial charge in [0.2, 0.25) is 0 Å². The maximum absolute atomic E-state index is 9.36. The lowest BCUT2D eigenvalue weighted by molar-refractivity contribution is 0.171. The molecule has 1 aromatic heterocycles. The summed E-state index contributed by atoms with van der Waals surface area (Å²) in [5.41, 5.74) is 1.31. The molecule has 0 saturated carbocycles. The maximum atomic E-state index is 9.36. The first-order valence-electron chi connectivity index (χ1n) is 3.95. The summed E-state index contributed by atoms with van der Waals surface area (Å²) in [5, 5.41) is 11.4. The van der Waals surface area contributed by atoms with Crippen LogP contribution in [0.2, 0.25) is 0 Å². The van der Waals surface area contributed by atoms with E-state index in [9.17, 15) is 5.11 Å². The van der Waals surface area contributed by atoms with Crippen LogP contribution in [0, 0.1) is 6.92 Å². The smallest absolute Gasteiger partial charge is 0.0585 e. The summed E-state index contributed by atoms with van der Waals surface area (Å²) in [7, 11) is 0. The highest BCUT2D eigenvalue weighted by Gasteiger charge is 2.05. The maximum Gasteiger partial charge on any atom is 0.0585 e. The number of aliphatic hydroxyl groups excluding tert-OH is 1. The number of aryl methyl sites for hydroxylation is 1. The minimum atomic E-state index is -0.160. The van der Waals surface area contributed by atoms with Gasteiger partial charge in [-0.15, -0.1) is 11.3 Å². The van der Waals surface area contributed by atoms with E-state index in [-0.39, 0.29) is 6.10 Å². The molecule has 0 bridgehead atoms. The molecule has 1 aromatic rings. The van der Waals surface area contributed by atoms with Gasteiger partial charge >= 0.3 is 0 Å². The second-order valence-corrected chi connectivity index (χ2v) is 3.79. The summed E-state index contributed by atoms with van der Waals surface area (Å²) in [5.74, 6) is 0.